The van der Waals surface area contributed by atoms with E-state index in [0.717, 1.165) is 15.1 Å². The highest BCUT2D eigenvalue weighted by molar-refractivity contribution is 9.10. The van der Waals surface area contributed by atoms with Crippen LogP contribution in [0.4, 0.5) is 0 Å². The van der Waals surface area contributed by atoms with Crippen molar-refractivity contribution in [3.63, 3.8) is 0 Å². The lowest BCUT2D eigenvalue weighted by molar-refractivity contribution is 0.0643. The van der Waals surface area contributed by atoms with E-state index < -0.39 is 0 Å². The van der Waals surface area contributed by atoms with Crippen LogP contribution in [-0.2, 0) is 0 Å². The first-order valence-corrected chi connectivity index (χ1v) is 7.91. The van der Waals surface area contributed by atoms with Crippen LogP contribution in [0.3, 0.4) is 0 Å². The van der Waals surface area contributed by atoms with Gasteiger partial charge in [-0.25, -0.2) is 4.68 Å². The molecule has 1 aliphatic rings. The van der Waals surface area contributed by atoms with E-state index in [2.05, 4.69) is 21.0 Å². The lowest BCUT2D eigenvalue weighted by Gasteiger charge is -2.13. The van der Waals surface area contributed by atoms with E-state index in [-0.39, 0.29) is 30.7 Å². The molecule has 0 N–H and O–H groups in total. The first-order chi connectivity index (χ1) is 10.9. The van der Waals surface area contributed by atoms with E-state index in [0.29, 0.717) is 16.8 Å². The first-order valence-electron chi connectivity index (χ1n) is 7.12. The maximum absolute atomic E-state index is 12.3. The van der Waals surface area contributed by atoms with Crippen molar-refractivity contribution in [3.05, 3.63) is 51.3 Å². The van der Waals surface area contributed by atoms with Crippen LogP contribution >= 0.6 is 15.9 Å². The molecule has 0 fully saturated rings. The fraction of sp³-hybridized carbons (Fsp3) is 0.250. The summed E-state index contributed by atoms with van der Waals surface area (Å²) in [6.07, 6.45) is 0.0276. The molecule has 0 unspecified atom stereocenters. The summed E-state index contributed by atoms with van der Waals surface area (Å²) in [6.45, 7) is 3.62. The van der Waals surface area contributed by atoms with Crippen LogP contribution < -0.4 is 0 Å². The number of carbonyl (C=O) groups excluding carboxylic acids is 3. The van der Waals surface area contributed by atoms with E-state index in [1.165, 1.54) is 4.68 Å². The van der Waals surface area contributed by atoms with Crippen LogP contribution in [0, 0.1) is 13.8 Å². The number of halogens is 1. The highest BCUT2D eigenvalue weighted by atomic mass is 79.9. The molecule has 0 aliphatic carbocycles. The number of rotatable bonds is 3. The molecule has 118 valence electrons. The topological polar surface area (TPSA) is 72.3 Å². The summed E-state index contributed by atoms with van der Waals surface area (Å²) in [5.41, 5.74) is 2.20. The van der Waals surface area contributed by atoms with Crippen molar-refractivity contribution in [2.45, 2.75) is 20.3 Å². The summed E-state index contributed by atoms with van der Waals surface area (Å²) in [4.78, 5) is 37.9. The molecule has 7 heteroatoms. The van der Waals surface area contributed by atoms with Crippen LogP contribution in [0.25, 0.3) is 0 Å². The third kappa shape index (κ3) is 2.50. The number of aryl methyl sites for hydroxylation is 1. The Morgan fingerprint density at radius 3 is 2.17 bits per heavy atom. The van der Waals surface area contributed by atoms with Crippen LogP contribution in [0.5, 0.6) is 0 Å². The predicted octanol–water partition coefficient (Wildman–Crippen LogP) is 2.59. The number of hydrogen-bond acceptors (Lipinski definition) is 4. The summed E-state index contributed by atoms with van der Waals surface area (Å²) in [5, 5.41) is 4.16. The number of aromatic nitrogens is 2. The van der Waals surface area contributed by atoms with E-state index in [1.54, 1.807) is 38.1 Å². The summed E-state index contributed by atoms with van der Waals surface area (Å²) >= 11 is 3.37. The molecule has 1 aromatic heterocycles. The third-order valence-corrected chi connectivity index (χ3v) is 5.01. The Hall–Kier alpha value is -2.28. The van der Waals surface area contributed by atoms with Gasteiger partial charge in [-0.05, 0) is 41.9 Å². The normalized spacial score (nSPS) is 13.6. The summed E-state index contributed by atoms with van der Waals surface area (Å²) in [5.74, 6) is -0.964. The number of fused-ring (bicyclic) bond motifs is 1. The molecule has 6 nitrogen and oxygen atoms in total. The molecular formula is C16H14BrN3O3. The molecule has 1 aliphatic heterocycles. The van der Waals surface area contributed by atoms with E-state index >= 15 is 0 Å². The second kappa shape index (κ2) is 5.73. The SMILES string of the molecule is Cc1nn(C(=O)CCN2C(=O)c3ccccc3C2=O)c(C)c1Br. The predicted molar refractivity (Wildman–Crippen MR) is 86.5 cm³/mol. The molecule has 0 bridgehead atoms. The fourth-order valence-corrected chi connectivity index (χ4v) is 2.87. The van der Waals surface area contributed by atoms with Gasteiger partial charge in [0, 0.05) is 13.0 Å². The number of carbonyl (C=O) groups is 3. The minimum atomic E-state index is -0.354. The quantitative estimate of drug-likeness (QED) is 0.772. The Balaban J connectivity index is 1.74. The molecule has 0 saturated heterocycles. The van der Waals surface area contributed by atoms with E-state index in [1.807, 2.05) is 0 Å². The van der Waals surface area contributed by atoms with Crippen LogP contribution in [0.1, 0.15) is 43.3 Å². The van der Waals surface area contributed by atoms with Crippen LogP contribution in [-0.4, -0.2) is 38.9 Å². The Morgan fingerprint density at radius 2 is 1.70 bits per heavy atom. The van der Waals surface area contributed by atoms with Gasteiger partial charge in [0.15, 0.2) is 0 Å². The van der Waals surface area contributed by atoms with E-state index in [9.17, 15) is 14.4 Å². The highest BCUT2D eigenvalue weighted by Crippen LogP contribution is 2.23. The van der Waals surface area contributed by atoms with Crippen LogP contribution in [0.15, 0.2) is 28.7 Å². The fourth-order valence-electron chi connectivity index (χ4n) is 2.62. The second-order valence-electron chi connectivity index (χ2n) is 5.35. The third-order valence-electron chi connectivity index (χ3n) is 3.87. The zero-order valence-electron chi connectivity index (χ0n) is 12.7. The summed E-state index contributed by atoms with van der Waals surface area (Å²) in [7, 11) is 0. The summed E-state index contributed by atoms with van der Waals surface area (Å²) < 4.78 is 2.09. The molecule has 2 amide bonds. The van der Waals surface area contributed by atoms with Gasteiger partial charge in [-0.2, -0.15) is 5.10 Å². The van der Waals surface area contributed by atoms with Gasteiger partial charge in [0.2, 0.25) is 5.91 Å². The van der Waals surface area contributed by atoms with Gasteiger partial charge in [0.1, 0.15) is 0 Å². The van der Waals surface area contributed by atoms with Gasteiger partial charge < -0.3 is 0 Å². The van der Waals surface area contributed by atoms with Gasteiger partial charge in [0.05, 0.1) is 27.0 Å². The minimum Gasteiger partial charge on any atom is -0.274 e. The maximum atomic E-state index is 12.3. The number of imide groups is 1. The average molecular weight is 376 g/mol. The smallest absolute Gasteiger partial charge is 0.261 e. The molecule has 0 saturated carbocycles. The zero-order chi connectivity index (χ0) is 16.7. The van der Waals surface area contributed by atoms with Crippen molar-refractivity contribution in [3.8, 4) is 0 Å². The average Bonchev–Trinajstić information content (AvgIpc) is 2.95. The monoisotopic (exact) mass is 375 g/mol. The van der Waals surface area contributed by atoms with Crippen molar-refractivity contribution in [1.29, 1.82) is 0 Å². The lowest BCUT2D eigenvalue weighted by atomic mass is 10.1. The first kappa shape index (κ1) is 15.6. The molecule has 3 rings (SSSR count). The Bertz CT molecular complexity index is 806. The van der Waals surface area contributed by atoms with Gasteiger partial charge in [-0.1, -0.05) is 12.1 Å². The highest BCUT2D eigenvalue weighted by Gasteiger charge is 2.35. The number of amides is 2. The molecule has 2 heterocycles. The maximum Gasteiger partial charge on any atom is 0.261 e. The van der Waals surface area contributed by atoms with Crippen molar-refractivity contribution < 1.29 is 14.4 Å². The Morgan fingerprint density at radius 1 is 1.13 bits per heavy atom. The lowest BCUT2D eigenvalue weighted by Crippen LogP contribution is -2.33. The molecule has 2 aromatic rings. The molecule has 0 atom stereocenters. The zero-order valence-corrected chi connectivity index (χ0v) is 14.3. The van der Waals surface area contributed by atoms with Gasteiger partial charge in [-0.15, -0.1) is 0 Å². The van der Waals surface area contributed by atoms with Crippen molar-refractivity contribution in [2.24, 2.45) is 0 Å². The van der Waals surface area contributed by atoms with E-state index in [4.69, 9.17) is 0 Å². The van der Waals surface area contributed by atoms with Crippen LogP contribution in [0.2, 0.25) is 0 Å². The van der Waals surface area contributed by atoms with Gasteiger partial charge in [-0.3, -0.25) is 19.3 Å². The van der Waals surface area contributed by atoms with Crippen molar-refractivity contribution in [1.82, 2.24) is 14.7 Å². The Labute approximate surface area is 141 Å². The molecule has 0 spiro atoms. The van der Waals surface area contributed by atoms with Gasteiger partial charge >= 0.3 is 0 Å². The van der Waals surface area contributed by atoms with Crippen molar-refractivity contribution >= 4 is 33.7 Å². The van der Waals surface area contributed by atoms with Crippen molar-refractivity contribution in [2.75, 3.05) is 6.54 Å². The molecular weight excluding hydrogens is 362 g/mol. The molecule has 0 radical (unpaired) electrons. The minimum absolute atomic E-state index is 0.0276. The largest absolute Gasteiger partial charge is 0.274 e. The van der Waals surface area contributed by atoms with Gasteiger partial charge in [0.25, 0.3) is 11.8 Å². The second-order valence-corrected chi connectivity index (χ2v) is 6.14. The Kier molecular flexibility index (Phi) is 3.89. The molecule has 23 heavy (non-hydrogen) atoms. The standard InChI is InChI=1S/C16H14BrN3O3/c1-9-14(17)10(2)20(18-9)13(21)7-8-19-15(22)11-5-3-4-6-12(11)16(19)23/h3-6H,7-8H2,1-2H3. The number of hydrogen-bond donors (Lipinski definition) is 0. The number of nitrogens with zero attached hydrogens (tertiary/aromatic N) is 3. The number of benzene rings is 1. The molecule has 1 aromatic carbocycles. The summed E-state index contributed by atoms with van der Waals surface area (Å²) in [6, 6.07) is 6.67.